The highest BCUT2D eigenvalue weighted by Gasteiger charge is 2.19. The fourth-order valence-electron chi connectivity index (χ4n) is 3.70. The summed E-state index contributed by atoms with van der Waals surface area (Å²) in [5.41, 5.74) is 4.94. The van der Waals surface area contributed by atoms with Crippen LogP contribution in [0, 0.1) is 6.92 Å². The first kappa shape index (κ1) is 18.1. The Balaban J connectivity index is 1.65. The van der Waals surface area contributed by atoms with E-state index in [2.05, 4.69) is 27.4 Å². The summed E-state index contributed by atoms with van der Waals surface area (Å²) >= 11 is 6.10. The van der Waals surface area contributed by atoms with E-state index in [4.69, 9.17) is 26.3 Å². The first-order chi connectivity index (χ1) is 14.2. The summed E-state index contributed by atoms with van der Waals surface area (Å²) in [5, 5.41) is 0.700. The number of imidazole rings is 1. The molecule has 0 aliphatic carbocycles. The van der Waals surface area contributed by atoms with Gasteiger partial charge in [0.2, 0.25) is 0 Å². The molecule has 1 fully saturated rings. The fourth-order valence-corrected chi connectivity index (χ4v) is 3.82. The molecule has 5 rings (SSSR count). The Labute approximate surface area is 173 Å². The van der Waals surface area contributed by atoms with E-state index in [-0.39, 0.29) is 0 Å². The molecule has 7 heteroatoms. The summed E-state index contributed by atoms with van der Waals surface area (Å²) in [6, 6.07) is 11.8. The minimum atomic E-state index is 0.700. The van der Waals surface area contributed by atoms with Gasteiger partial charge in [-0.15, -0.1) is 0 Å². The molecule has 0 atom stereocenters. The lowest BCUT2D eigenvalue weighted by Crippen LogP contribution is -2.36. The molecule has 146 valence electrons. The van der Waals surface area contributed by atoms with Crippen LogP contribution in [0.2, 0.25) is 5.02 Å². The normalized spacial score (nSPS) is 14.5. The number of benzene rings is 1. The molecular formula is C22H20ClN5O. The number of halogens is 1. The number of fused-ring (bicyclic) bond motifs is 1. The first-order valence-electron chi connectivity index (χ1n) is 9.59. The van der Waals surface area contributed by atoms with Crippen LogP contribution in [-0.2, 0) is 4.74 Å². The number of anilines is 1. The Morgan fingerprint density at radius 2 is 1.83 bits per heavy atom. The van der Waals surface area contributed by atoms with Crippen molar-refractivity contribution in [2.75, 3.05) is 31.2 Å². The van der Waals surface area contributed by atoms with Gasteiger partial charge in [0.05, 0.1) is 30.4 Å². The Kier molecular flexibility index (Phi) is 4.66. The van der Waals surface area contributed by atoms with Gasteiger partial charge in [0.1, 0.15) is 11.6 Å². The molecule has 29 heavy (non-hydrogen) atoms. The highest BCUT2D eigenvalue weighted by atomic mass is 35.5. The first-order valence-corrected chi connectivity index (χ1v) is 9.96. The van der Waals surface area contributed by atoms with Crippen LogP contribution < -0.4 is 4.90 Å². The number of morpholine rings is 1. The summed E-state index contributed by atoms with van der Waals surface area (Å²) in [4.78, 5) is 16.2. The van der Waals surface area contributed by atoms with Crippen LogP contribution in [0.25, 0.3) is 28.1 Å². The molecule has 0 saturated carbocycles. The molecule has 0 radical (unpaired) electrons. The number of nitrogens with zero attached hydrogens (tertiary/aromatic N) is 5. The van der Waals surface area contributed by atoms with E-state index in [1.165, 1.54) is 0 Å². The summed E-state index contributed by atoms with van der Waals surface area (Å²) in [6.07, 6.45) is 5.52. The molecule has 0 bridgehead atoms. The number of aryl methyl sites for hydroxylation is 1. The van der Waals surface area contributed by atoms with Gasteiger partial charge in [-0.25, -0.2) is 9.97 Å². The molecule has 0 amide bonds. The lowest BCUT2D eigenvalue weighted by Gasteiger charge is -2.28. The van der Waals surface area contributed by atoms with E-state index in [1.54, 1.807) is 6.20 Å². The van der Waals surface area contributed by atoms with Crippen LogP contribution in [0.1, 0.15) is 5.56 Å². The van der Waals surface area contributed by atoms with Gasteiger partial charge in [0.15, 0.2) is 0 Å². The minimum absolute atomic E-state index is 0.700. The van der Waals surface area contributed by atoms with Crippen molar-refractivity contribution >= 4 is 28.5 Å². The molecule has 0 N–H and O–H groups in total. The number of hydrogen-bond acceptors (Lipinski definition) is 5. The maximum atomic E-state index is 6.10. The second-order valence-corrected chi connectivity index (χ2v) is 7.50. The van der Waals surface area contributed by atoms with Gasteiger partial charge in [-0.05, 0) is 48.9 Å². The second kappa shape index (κ2) is 7.46. The third-order valence-electron chi connectivity index (χ3n) is 5.21. The van der Waals surface area contributed by atoms with Gasteiger partial charge in [-0.3, -0.25) is 9.55 Å². The topological polar surface area (TPSA) is 56.1 Å². The van der Waals surface area contributed by atoms with Gasteiger partial charge in [0.25, 0.3) is 0 Å². The van der Waals surface area contributed by atoms with Crippen molar-refractivity contribution in [2.24, 2.45) is 0 Å². The highest BCUT2D eigenvalue weighted by molar-refractivity contribution is 6.30. The van der Waals surface area contributed by atoms with E-state index in [1.807, 2.05) is 42.7 Å². The summed E-state index contributed by atoms with van der Waals surface area (Å²) in [5.74, 6) is 1.82. The van der Waals surface area contributed by atoms with Gasteiger partial charge in [-0.1, -0.05) is 11.6 Å². The summed E-state index contributed by atoms with van der Waals surface area (Å²) < 4.78 is 7.56. The van der Waals surface area contributed by atoms with Gasteiger partial charge >= 0.3 is 0 Å². The van der Waals surface area contributed by atoms with Gasteiger partial charge < -0.3 is 9.64 Å². The maximum Gasteiger partial charge on any atom is 0.147 e. The summed E-state index contributed by atoms with van der Waals surface area (Å²) in [7, 11) is 0. The zero-order valence-electron chi connectivity index (χ0n) is 16.0. The highest BCUT2D eigenvalue weighted by Crippen LogP contribution is 2.31. The zero-order chi connectivity index (χ0) is 19.8. The number of rotatable bonds is 3. The number of hydrogen-bond donors (Lipinski definition) is 0. The van der Waals surface area contributed by atoms with Crippen LogP contribution in [0.3, 0.4) is 0 Å². The van der Waals surface area contributed by atoms with Crippen molar-refractivity contribution in [1.29, 1.82) is 0 Å². The van der Waals surface area contributed by atoms with Crippen molar-refractivity contribution in [3.8, 4) is 17.1 Å². The predicted molar refractivity (Wildman–Crippen MR) is 115 cm³/mol. The standard InChI is InChI=1S/C22H20ClN5O/c1-15-12-21(27-8-10-29-11-9-27)25-13-18(15)22-26-19-6-7-24-14-20(19)28(22)17-4-2-16(23)3-5-17/h2-7,12-14H,8-11H2,1H3. The van der Waals surface area contributed by atoms with E-state index in [0.717, 1.165) is 65.8 Å². The van der Waals surface area contributed by atoms with Crippen molar-refractivity contribution < 1.29 is 4.74 Å². The van der Waals surface area contributed by atoms with Crippen LogP contribution in [-0.4, -0.2) is 45.8 Å². The quantitative estimate of drug-likeness (QED) is 0.509. The van der Waals surface area contributed by atoms with E-state index in [9.17, 15) is 0 Å². The monoisotopic (exact) mass is 405 g/mol. The van der Waals surface area contributed by atoms with Crippen molar-refractivity contribution in [3.05, 3.63) is 65.6 Å². The molecule has 1 aliphatic rings. The summed E-state index contributed by atoms with van der Waals surface area (Å²) in [6.45, 7) is 5.30. The molecule has 0 spiro atoms. The van der Waals surface area contributed by atoms with Crippen LogP contribution >= 0.6 is 11.6 Å². The third-order valence-corrected chi connectivity index (χ3v) is 5.47. The SMILES string of the molecule is Cc1cc(N2CCOCC2)ncc1-c1nc2ccncc2n1-c1ccc(Cl)cc1. The third kappa shape index (κ3) is 3.34. The lowest BCUT2D eigenvalue weighted by molar-refractivity contribution is 0.122. The van der Waals surface area contributed by atoms with Crippen molar-refractivity contribution in [3.63, 3.8) is 0 Å². The Morgan fingerprint density at radius 3 is 2.59 bits per heavy atom. The smallest absolute Gasteiger partial charge is 0.147 e. The lowest BCUT2D eigenvalue weighted by atomic mass is 10.1. The van der Waals surface area contributed by atoms with Crippen molar-refractivity contribution in [1.82, 2.24) is 19.5 Å². The molecule has 1 aliphatic heterocycles. The van der Waals surface area contributed by atoms with Gasteiger partial charge in [-0.2, -0.15) is 0 Å². The fraction of sp³-hybridized carbons (Fsp3) is 0.227. The van der Waals surface area contributed by atoms with E-state index >= 15 is 0 Å². The van der Waals surface area contributed by atoms with Crippen LogP contribution in [0.4, 0.5) is 5.82 Å². The molecule has 3 aromatic heterocycles. The molecule has 4 heterocycles. The Morgan fingerprint density at radius 1 is 1.03 bits per heavy atom. The van der Waals surface area contributed by atoms with E-state index in [0.29, 0.717) is 5.02 Å². The molecule has 1 aromatic carbocycles. The maximum absolute atomic E-state index is 6.10. The molecule has 0 unspecified atom stereocenters. The largest absolute Gasteiger partial charge is 0.378 e. The average Bonchev–Trinajstić information content (AvgIpc) is 3.14. The second-order valence-electron chi connectivity index (χ2n) is 7.07. The molecular weight excluding hydrogens is 386 g/mol. The minimum Gasteiger partial charge on any atom is -0.378 e. The van der Waals surface area contributed by atoms with Gasteiger partial charge in [0, 0.05) is 41.8 Å². The zero-order valence-corrected chi connectivity index (χ0v) is 16.8. The Hall–Kier alpha value is -2.96. The van der Waals surface area contributed by atoms with Crippen molar-refractivity contribution in [2.45, 2.75) is 6.92 Å². The molecule has 6 nitrogen and oxygen atoms in total. The molecule has 1 saturated heterocycles. The van der Waals surface area contributed by atoms with Crippen LogP contribution in [0.5, 0.6) is 0 Å². The van der Waals surface area contributed by atoms with E-state index < -0.39 is 0 Å². The number of pyridine rings is 2. The average molecular weight is 406 g/mol. The van der Waals surface area contributed by atoms with Crippen LogP contribution in [0.15, 0.2) is 55.0 Å². The number of aromatic nitrogens is 4. The number of ether oxygens (including phenoxy) is 1. The molecule has 4 aromatic rings. The predicted octanol–water partition coefficient (Wildman–Crippen LogP) is 4.28. The Bertz CT molecular complexity index is 1170.